The molecule has 0 unspecified atom stereocenters. The van der Waals surface area contributed by atoms with E-state index >= 15 is 0 Å². The largest absolute Gasteiger partial charge is 0.322 e. The number of nitrogens with one attached hydrogen (secondary N) is 2. The molecule has 1 aromatic heterocycles. The molecule has 0 radical (unpaired) electrons. The Morgan fingerprint density at radius 1 is 0.957 bits per heavy atom. The average Bonchev–Trinajstić information content (AvgIpc) is 2.54. The van der Waals surface area contributed by atoms with Crippen LogP contribution in [0.15, 0.2) is 59.4 Å². The second kappa shape index (κ2) is 5.88. The van der Waals surface area contributed by atoms with Gasteiger partial charge in [0.05, 0.1) is 11.3 Å². The van der Waals surface area contributed by atoms with Gasteiger partial charge in [-0.1, -0.05) is 30.3 Å². The molecule has 0 bridgehead atoms. The van der Waals surface area contributed by atoms with E-state index in [-0.39, 0.29) is 16.9 Å². The number of para-hydroxylation sites is 2. The van der Waals surface area contributed by atoms with Crippen LogP contribution in [0.5, 0.6) is 0 Å². The predicted octanol–water partition coefficient (Wildman–Crippen LogP) is 2.98. The summed E-state index contributed by atoms with van der Waals surface area (Å²) in [6, 6.07) is 15.1. The maximum atomic E-state index is 12.6. The molecular weight excluding hydrogens is 292 g/mol. The highest BCUT2D eigenvalue weighted by Gasteiger charge is 2.14. The minimum Gasteiger partial charge on any atom is -0.322 e. The second-order valence-corrected chi connectivity index (χ2v) is 5.15. The number of Topliss-reactive ketones (excluding diaryl/α,β-unsaturated/α-hetero) is 1. The molecule has 3 rings (SSSR count). The predicted molar refractivity (Wildman–Crippen MR) is 89.0 cm³/mol. The summed E-state index contributed by atoms with van der Waals surface area (Å²) in [5.41, 5.74) is 1.35. The van der Waals surface area contributed by atoms with Crippen molar-refractivity contribution in [1.82, 2.24) is 4.98 Å². The molecule has 23 heavy (non-hydrogen) atoms. The van der Waals surface area contributed by atoms with Gasteiger partial charge < -0.3 is 10.3 Å². The number of amides is 1. The second-order valence-electron chi connectivity index (χ2n) is 5.15. The Bertz CT molecular complexity index is 973. The van der Waals surface area contributed by atoms with Crippen molar-refractivity contribution in [2.45, 2.75) is 6.92 Å². The van der Waals surface area contributed by atoms with Crippen molar-refractivity contribution in [3.8, 4) is 0 Å². The zero-order chi connectivity index (χ0) is 16.4. The SMILES string of the molecule is CC(=O)c1ccccc1NC(=O)c1cc(=O)[nH]c2ccccc12. The minimum absolute atomic E-state index is 0.142. The molecule has 3 aromatic rings. The lowest BCUT2D eigenvalue weighted by molar-refractivity contribution is 0.101. The molecule has 0 aliphatic rings. The first-order valence-corrected chi connectivity index (χ1v) is 7.09. The number of benzene rings is 2. The standard InChI is InChI=1S/C18H14N2O3/c1-11(21)12-6-2-4-8-15(12)20-18(23)14-10-17(22)19-16-9-5-3-7-13(14)16/h2-10H,1H3,(H,19,22)(H,20,23). The molecule has 2 N–H and O–H groups in total. The van der Waals surface area contributed by atoms with Crippen LogP contribution in [0.3, 0.4) is 0 Å². The first-order chi connectivity index (χ1) is 11.1. The lowest BCUT2D eigenvalue weighted by Gasteiger charge is -2.10. The summed E-state index contributed by atoms with van der Waals surface area (Å²) in [7, 11) is 0. The highest BCUT2D eigenvalue weighted by Crippen LogP contribution is 2.19. The maximum absolute atomic E-state index is 12.6. The van der Waals surface area contributed by atoms with Crippen LogP contribution < -0.4 is 10.9 Å². The number of hydrogen-bond acceptors (Lipinski definition) is 3. The quantitative estimate of drug-likeness (QED) is 0.730. The molecule has 114 valence electrons. The van der Waals surface area contributed by atoms with Gasteiger partial charge in [0.2, 0.25) is 5.56 Å². The maximum Gasteiger partial charge on any atom is 0.256 e. The van der Waals surface area contributed by atoms with Gasteiger partial charge in [0.25, 0.3) is 5.91 Å². The summed E-state index contributed by atoms with van der Waals surface area (Å²) >= 11 is 0. The highest BCUT2D eigenvalue weighted by molar-refractivity contribution is 6.14. The molecule has 0 fully saturated rings. The van der Waals surface area contributed by atoms with Crippen molar-refractivity contribution in [2.75, 3.05) is 5.32 Å². The van der Waals surface area contributed by atoms with Crippen LogP contribution in [0, 0.1) is 0 Å². The molecule has 0 aliphatic heterocycles. The van der Waals surface area contributed by atoms with Crippen molar-refractivity contribution in [3.63, 3.8) is 0 Å². The molecule has 0 spiro atoms. The molecule has 1 amide bonds. The van der Waals surface area contributed by atoms with Crippen LogP contribution in [-0.2, 0) is 0 Å². The van der Waals surface area contributed by atoms with Gasteiger partial charge in [-0.3, -0.25) is 14.4 Å². The fourth-order valence-corrected chi connectivity index (χ4v) is 2.48. The summed E-state index contributed by atoms with van der Waals surface area (Å²) < 4.78 is 0. The van der Waals surface area contributed by atoms with E-state index in [2.05, 4.69) is 10.3 Å². The third-order valence-electron chi connectivity index (χ3n) is 3.55. The number of ketones is 1. The van der Waals surface area contributed by atoms with Crippen LogP contribution in [-0.4, -0.2) is 16.7 Å². The highest BCUT2D eigenvalue weighted by atomic mass is 16.2. The Balaban J connectivity index is 2.06. The fraction of sp³-hybridized carbons (Fsp3) is 0.0556. The van der Waals surface area contributed by atoms with Crippen molar-refractivity contribution in [2.24, 2.45) is 0 Å². The number of H-pyrrole nitrogens is 1. The van der Waals surface area contributed by atoms with Gasteiger partial charge in [-0.05, 0) is 25.1 Å². The van der Waals surface area contributed by atoms with E-state index in [0.29, 0.717) is 22.2 Å². The Morgan fingerprint density at radius 3 is 2.43 bits per heavy atom. The van der Waals surface area contributed by atoms with Crippen LogP contribution in [0.1, 0.15) is 27.6 Å². The smallest absolute Gasteiger partial charge is 0.256 e. The number of carbonyl (C=O) groups is 2. The van der Waals surface area contributed by atoms with Crippen molar-refractivity contribution in [1.29, 1.82) is 0 Å². The molecule has 5 nitrogen and oxygen atoms in total. The van der Waals surface area contributed by atoms with E-state index in [4.69, 9.17) is 0 Å². The molecule has 0 saturated carbocycles. The van der Waals surface area contributed by atoms with E-state index in [1.165, 1.54) is 13.0 Å². The Hall–Kier alpha value is -3.21. The fourth-order valence-electron chi connectivity index (χ4n) is 2.48. The Morgan fingerprint density at radius 2 is 1.65 bits per heavy atom. The topological polar surface area (TPSA) is 79.0 Å². The van der Waals surface area contributed by atoms with Crippen molar-refractivity contribution in [3.05, 3.63) is 76.1 Å². The molecular formula is C18H14N2O3. The van der Waals surface area contributed by atoms with Gasteiger partial charge in [0.1, 0.15) is 0 Å². The lowest BCUT2D eigenvalue weighted by Crippen LogP contribution is -2.18. The zero-order valence-electron chi connectivity index (χ0n) is 12.4. The van der Waals surface area contributed by atoms with Crippen LogP contribution in [0.25, 0.3) is 10.9 Å². The first kappa shape index (κ1) is 14.7. The third kappa shape index (κ3) is 2.89. The Kier molecular flexibility index (Phi) is 3.76. The molecule has 1 heterocycles. The van der Waals surface area contributed by atoms with E-state index in [1.807, 2.05) is 0 Å². The van der Waals surface area contributed by atoms with E-state index < -0.39 is 5.91 Å². The van der Waals surface area contributed by atoms with Crippen molar-refractivity contribution < 1.29 is 9.59 Å². The molecule has 2 aromatic carbocycles. The third-order valence-corrected chi connectivity index (χ3v) is 3.55. The number of fused-ring (bicyclic) bond motifs is 1. The Labute approximate surface area is 132 Å². The van der Waals surface area contributed by atoms with Crippen LogP contribution in [0.4, 0.5) is 5.69 Å². The van der Waals surface area contributed by atoms with Gasteiger partial charge in [0, 0.05) is 22.5 Å². The number of pyridine rings is 1. The van der Waals surface area contributed by atoms with Gasteiger partial charge in [0.15, 0.2) is 5.78 Å². The van der Waals surface area contributed by atoms with Gasteiger partial charge in [-0.25, -0.2) is 0 Å². The van der Waals surface area contributed by atoms with E-state index in [9.17, 15) is 14.4 Å². The first-order valence-electron chi connectivity index (χ1n) is 7.09. The normalized spacial score (nSPS) is 10.5. The monoisotopic (exact) mass is 306 g/mol. The van der Waals surface area contributed by atoms with Gasteiger partial charge >= 0.3 is 0 Å². The number of hydrogen-bond donors (Lipinski definition) is 2. The average molecular weight is 306 g/mol. The van der Waals surface area contributed by atoms with E-state index in [1.54, 1.807) is 48.5 Å². The lowest BCUT2D eigenvalue weighted by atomic mass is 10.1. The van der Waals surface area contributed by atoms with Gasteiger partial charge in [-0.15, -0.1) is 0 Å². The summed E-state index contributed by atoms with van der Waals surface area (Å²) in [5, 5.41) is 3.36. The summed E-state index contributed by atoms with van der Waals surface area (Å²) in [6.45, 7) is 1.44. The number of anilines is 1. The molecule has 5 heteroatoms. The number of aromatic nitrogens is 1. The summed E-state index contributed by atoms with van der Waals surface area (Å²) in [4.78, 5) is 38.7. The minimum atomic E-state index is -0.430. The number of carbonyl (C=O) groups excluding carboxylic acids is 2. The number of aromatic amines is 1. The molecule has 0 saturated heterocycles. The number of rotatable bonds is 3. The summed E-state index contributed by atoms with van der Waals surface area (Å²) in [5.74, 6) is -0.572. The zero-order valence-corrected chi connectivity index (χ0v) is 12.4. The van der Waals surface area contributed by atoms with Crippen LogP contribution in [0.2, 0.25) is 0 Å². The summed E-state index contributed by atoms with van der Waals surface area (Å²) in [6.07, 6.45) is 0. The van der Waals surface area contributed by atoms with Crippen LogP contribution >= 0.6 is 0 Å². The molecule has 0 atom stereocenters. The molecule has 0 aliphatic carbocycles. The van der Waals surface area contributed by atoms with Crippen molar-refractivity contribution >= 4 is 28.3 Å². The van der Waals surface area contributed by atoms with E-state index in [0.717, 1.165) is 0 Å². The van der Waals surface area contributed by atoms with Gasteiger partial charge in [-0.2, -0.15) is 0 Å².